The largest absolute Gasteiger partial charge is 0.397 e. The number of aldehydes is 1. The first-order valence-electron chi connectivity index (χ1n) is 4.23. The molecule has 72 valence electrons. The topological polar surface area (TPSA) is 69.1 Å². The molecule has 1 aromatic rings. The second-order valence-electron chi connectivity index (χ2n) is 2.97. The Bertz CT molecular complexity index is 413. The summed E-state index contributed by atoms with van der Waals surface area (Å²) in [4.78, 5) is 10.1. The monoisotopic (exact) mass is 188 g/mol. The number of hydrogen-bond acceptors (Lipinski definition) is 3. The molecule has 14 heavy (non-hydrogen) atoms. The zero-order chi connectivity index (χ0) is 10.6. The highest BCUT2D eigenvalue weighted by Crippen LogP contribution is 2.19. The van der Waals surface area contributed by atoms with E-state index >= 15 is 0 Å². The summed E-state index contributed by atoms with van der Waals surface area (Å²) >= 11 is 0. The molecule has 0 spiro atoms. The highest BCUT2D eigenvalue weighted by atomic mass is 16.1. The molecule has 3 heteroatoms. The van der Waals surface area contributed by atoms with Crippen LogP contribution in [0, 0.1) is 18.8 Å². The van der Waals surface area contributed by atoms with Crippen LogP contribution in [0.3, 0.4) is 0 Å². The lowest BCUT2D eigenvalue weighted by Gasteiger charge is -2.03. The lowest BCUT2D eigenvalue weighted by atomic mass is 10.1. The van der Waals surface area contributed by atoms with E-state index in [0.29, 0.717) is 11.4 Å². The van der Waals surface area contributed by atoms with E-state index in [9.17, 15) is 4.79 Å². The number of carbonyl (C=O) groups excluding carboxylic acids is 1. The van der Waals surface area contributed by atoms with E-state index in [1.165, 1.54) is 0 Å². The van der Waals surface area contributed by atoms with Gasteiger partial charge in [-0.25, -0.2) is 0 Å². The van der Waals surface area contributed by atoms with Crippen LogP contribution in [0.1, 0.15) is 17.5 Å². The summed E-state index contributed by atoms with van der Waals surface area (Å²) in [5.74, 6) is 5.59. The van der Waals surface area contributed by atoms with E-state index in [1.54, 1.807) is 12.1 Å². The van der Waals surface area contributed by atoms with E-state index in [1.807, 2.05) is 6.92 Å². The van der Waals surface area contributed by atoms with Gasteiger partial charge in [0.1, 0.15) is 6.29 Å². The van der Waals surface area contributed by atoms with E-state index < -0.39 is 0 Å². The fourth-order valence-corrected chi connectivity index (χ4v) is 1.07. The van der Waals surface area contributed by atoms with Gasteiger partial charge in [-0.15, -0.1) is 0 Å². The number of nitrogens with two attached hydrogens (primary N) is 2. The van der Waals surface area contributed by atoms with Crippen LogP contribution in [-0.2, 0) is 4.79 Å². The third kappa shape index (κ3) is 2.27. The van der Waals surface area contributed by atoms with E-state index in [4.69, 9.17) is 11.5 Å². The lowest BCUT2D eigenvalue weighted by Crippen LogP contribution is -1.96. The second kappa shape index (κ2) is 4.33. The highest BCUT2D eigenvalue weighted by molar-refractivity contribution is 5.68. The van der Waals surface area contributed by atoms with Gasteiger partial charge in [-0.1, -0.05) is 11.8 Å². The summed E-state index contributed by atoms with van der Waals surface area (Å²) in [6, 6.07) is 3.50. The van der Waals surface area contributed by atoms with E-state index in [-0.39, 0.29) is 6.42 Å². The summed E-state index contributed by atoms with van der Waals surface area (Å²) in [5.41, 5.74) is 14.1. The highest BCUT2D eigenvalue weighted by Gasteiger charge is 1.99. The molecule has 0 atom stereocenters. The van der Waals surface area contributed by atoms with Crippen LogP contribution in [0.25, 0.3) is 0 Å². The molecular weight excluding hydrogens is 176 g/mol. The van der Waals surface area contributed by atoms with Gasteiger partial charge in [0.25, 0.3) is 0 Å². The predicted octanol–water partition coefficient (Wildman–Crippen LogP) is 1.10. The fraction of sp³-hybridized carbons (Fsp3) is 0.182. The molecule has 0 saturated carbocycles. The minimum absolute atomic E-state index is 0.240. The molecule has 0 aliphatic carbocycles. The van der Waals surface area contributed by atoms with Crippen LogP contribution in [0.15, 0.2) is 12.1 Å². The predicted molar refractivity (Wildman–Crippen MR) is 57.6 cm³/mol. The molecular formula is C11H12N2O. The Labute approximate surface area is 83.1 Å². The number of nitrogen functional groups attached to an aromatic ring is 2. The first-order valence-corrected chi connectivity index (χ1v) is 4.23. The lowest BCUT2D eigenvalue weighted by molar-refractivity contribution is -0.107. The van der Waals surface area contributed by atoms with Gasteiger partial charge in [-0.05, 0) is 24.6 Å². The first kappa shape index (κ1) is 10.1. The molecule has 0 bridgehead atoms. The molecule has 1 aromatic carbocycles. The summed E-state index contributed by atoms with van der Waals surface area (Å²) in [6.07, 6.45) is 1.01. The number of aryl methyl sites for hydroxylation is 1. The maximum atomic E-state index is 10.1. The second-order valence-corrected chi connectivity index (χ2v) is 2.97. The van der Waals surface area contributed by atoms with Crippen molar-refractivity contribution in [2.45, 2.75) is 13.3 Å². The van der Waals surface area contributed by atoms with Crippen molar-refractivity contribution in [2.24, 2.45) is 0 Å². The van der Waals surface area contributed by atoms with Crippen LogP contribution < -0.4 is 11.5 Å². The maximum Gasteiger partial charge on any atom is 0.131 e. The number of benzene rings is 1. The molecule has 0 aliphatic heterocycles. The number of hydrogen-bond donors (Lipinski definition) is 2. The van der Waals surface area contributed by atoms with Gasteiger partial charge in [0, 0.05) is 5.56 Å². The zero-order valence-electron chi connectivity index (χ0n) is 8.00. The van der Waals surface area contributed by atoms with E-state index in [0.717, 1.165) is 17.4 Å². The van der Waals surface area contributed by atoms with Gasteiger partial charge < -0.3 is 16.3 Å². The van der Waals surface area contributed by atoms with E-state index in [2.05, 4.69) is 11.8 Å². The Morgan fingerprint density at radius 3 is 2.64 bits per heavy atom. The Kier molecular flexibility index (Phi) is 3.14. The Hall–Kier alpha value is -1.95. The minimum atomic E-state index is 0.240. The molecule has 3 nitrogen and oxygen atoms in total. The number of anilines is 2. The van der Waals surface area contributed by atoms with Crippen molar-refractivity contribution in [2.75, 3.05) is 11.5 Å². The molecule has 0 aliphatic rings. The van der Waals surface area contributed by atoms with Gasteiger partial charge in [0.2, 0.25) is 0 Å². The molecule has 4 N–H and O–H groups in total. The standard InChI is InChI=1S/C11H12N2O/c1-8-6-10(12)11(13)7-9(8)4-2-3-5-14/h5-7H,3,12-13H2,1H3. The third-order valence-electron chi connectivity index (χ3n) is 1.84. The van der Waals surface area contributed by atoms with Crippen LogP contribution in [0.2, 0.25) is 0 Å². The molecule has 0 saturated heterocycles. The molecule has 0 heterocycles. The van der Waals surface area contributed by atoms with Crippen molar-refractivity contribution in [1.82, 2.24) is 0 Å². The average Bonchev–Trinajstić information content (AvgIpc) is 2.14. The molecule has 0 radical (unpaired) electrons. The summed E-state index contributed by atoms with van der Waals surface area (Å²) < 4.78 is 0. The van der Waals surface area contributed by atoms with Crippen molar-refractivity contribution in [3.05, 3.63) is 23.3 Å². The zero-order valence-corrected chi connectivity index (χ0v) is 8.00. The average molecular weight is 188 g/mol. The van der Waals surface area contributed by atoms with Gasteiger partial charge in [-0.3, -0.25) is 0 Å². The van der Waals surface area contributed by atoms with Crippen molar-refractivity contribution >= 4 is 17.7 Å². The minimum Gasteiger partial charge on any atom is -0.397 e. The smallest absolute Gasteiger partial charge is 0.131 e. The summed E-state index contributed by atoms with van der Waals surface area (Å²) in [6.45, 7) is 1.90. The maximum absolute atomic E-state index is 10.1. The van der Waals surface area contributed by atoms with Crippen LogP contribution in [0.4, 0.5) is 11.4 Å². The summed E-state index contributed by atoms with van der Waals surface area (Å²) in [5, 5.41) is 0. The van der Waals surface area contributed by atoms with Crippen LogP contribution in [0.5, 0.6) is 0 Å². The number of rotatable bonds is 1. The number of carbonyl (C=O) groups is 1. The van der Waals surface area contributed by atoms with Crippen LogP contribution in [-0.4, -0.2) is 6.29 Å². The Balaban J connectivity index is 3.05. The Morgan fingerprint density at radius 1 is 1.36 bits per heavy atom. The van der Waals surface area contributed by atoms with Crippen molar-refractivity contribution in [3.8, 4) is 11.8 Å². The normalized spacial score (nSPS) is 8.93. The van der Waals surface area contributed by atoms with Gasteiger partial charge in [0.15, 0.2) is 0 Å². The third-order valence-corrected chi connectivity index (χ3v) is 1.84. The van der Waals surface area contributed by atoms with Crippen molar-refractivity contribution in [3.63, 3.8) is 0 Å². The molecule has 0 amide bonds. The van der Waals surface area contributed by atoms with Gasteiger partial charge in [-0.2, -0.15) is 0 Å². The van der Waals surface area contributed by atoms with Crippen molar-refractivity contribution in [1.29, 1.82) is 0 Å². The molecule has 1 rings (SSSR count). The Morgan fingerprint density at radius 2 is 2.00 bits per heavy atom. The van der Waals surface area contributed by atoms with Crippen LogP contribution >= 0.6 is 0 Å². The SMILES string of the molecule is Cc1cc(N)c(N)cc1C#CCC=O. The quantitative estimate of drug-likeness (QED) is 0.394. The van der Waals surface area contributed by atoms with Gasteiger partial charge >= 0.3 is 0 Å². The fourth-order valence-electron chi connectivity index (χ4n) is 1.07. The van der Waals surface area contributed by atoms with Crippen molar-refractivity contribution < 1.29 is 4.79 Å². The molecule has 0 unspecified atom stereocenters. The van der Waals surface area contributed by atoms with Gasteiger partial charge in [0.05, 0.1) is 17.8 Å². The molecule has 0 aromatic heterocycles. The first-order chi connectivity index (χ1) is 6.65. The summed E-state index contributed by atoms with van der Waals surface area (Å²) in [7, 11) is 0. The molecule has 0 fully saturated rings.